The van der Waals surface area contributed by atoms with Crippen LogP contribution in [-0.4, -0.2) is 43.1 Å². The Morgan fingerprint density at radius 1 is 0.906 bits per heavy atom. The molecule has 0 fully saturated rings. The topological polar surface area (TPSA) is 67.9 Å². The highest BCUT2D eigenvalue weighted by atomic mass is 19.1. The minimum Gasteiger partial charge on any atom is -0.494 e. The van der Waals surface area contributed by atoms with E-state index in [4.69, 9.17) is 9.47 Å². The summed E-state index contributed by atoms with van der Waals surface area (Å²) in [5.41, 5.74) is 1.60. The summed E-state index contributed by atoms with van der Waals surface area (Å²) >= 11 is 0. The van der Waals surface area contributed by atoms with Crippen LogP contribution in [0.5, 0.6) is 5.75 Å². The normalized spacial score (nSPS) is 13.8. The van der Waals surface area contributed by atoms with E-state index in [-0.39, 0.29) is 29.5 Å². The lowest BCUT2D eigenvalue weighted by Gasteiger charge is -2.15. The van der Waals surface area contributed by atoms with Crippen molar-refractivity contribution in [3.63, 3.8) is 0 Å². The average Bonchev–Trinajstić information content (AvgIpc) is 3.02. The van der Waals surface area contributed by atoms with Gasteiger partial charge in [0.05, 0.1) is 12.2 Å². The quantitative estimate of drug-likeness (QED) is 0.385. The SMILES string of the molecule is CCCCOCCCN1C(=O)C(Nc2ccc(F)cc2)=C(c2ccc(OCC)cc2)C1=O. The molecule has 0 radical (unpaired) electrons. The first-order chi connectivity index (χ1) is 15.5. The van der Waals surface area contributed by atoms with Crippen molar-refractivity contribution < 1.29 is 23.5 Å². The molecule has 2 amide bonds. The third-order valence-corrected chi connectivity index (χ3v) is 5.05. The lowest BCUT2D eigenvalue weighted by molar-refractivity contribution is -0.137. The van der Waals surface area contributed by atoms with Crippen LogP contribution in [0.15, 0.2) is 54.2 Å². The maximum atomic E-state index is 13.3. The molecule has 170 valence electrons. The first-order valence-electron chi connectivity index (χ1n) is 11.0. The summed E-state index contributed by atoms with van der Waals surface area (Å²) in [6.07, 6.45) is 2.59. The molecule has 1 heterocycles. The maximum absolute atomic E-state index is 13.3. The van der Waals surface area contributed by atoms with Gasteiger partial charge in [0, 0.05) is 25.4 Å². The Hall–Kier alpha value is -3.19. The molecule has 3 rings (SSSR count). The first-order valence-corrected chi connectivity index (χ1v) is 11.0. The third-order valence-electron chi connectivity index (χ3n) is 5.05. The number of anilines is 1. The highest BCUT2D eigenvalue weighted by molar-refractivity contribution is 6.36. The number of carbonyl (C=O) groups is 2. The molecule has 0 saturated heterocycles. The molecule has 0 bridgehead atoms. The van der Waals surface area contributed by atoms with E-state index in [1.807, 2.05) is 6.92 Å². The Balaban J connectivity index is 1.82. The van der Waals surface area contributed by atoms with Crippen molar-refractivity contribution in [2.75, 3.05) is 31.7 Å². The number of hydrogen-bond donors (Lipinski definition) is 1. The number of nitrogens with zero attached hydrogens (tertiary/aromatic N) is 1. The highest BCUT2D eigenvalue weighted by Gasteiger charge is 2.38. The lowest BCUT2D eigenvalue weighted by atomic mass is 10.0. The van der Waals surface area contributed by atoms with Gasteiger partial charge >= 0.3 is 0 Å². The monoisotopic (exact) mass is 440 g/mol. The van der Waals surface area contributed by atoms with Crippen molar-refractivity contribution in [1.82, 2.24) is 4.90 Å². The van der Waals surface area contributed by atoms with Gasteiger partial charge in [-0.25, -0.2) is 4.39 Å². The number of carbonyl (C=O) groups excluding carboxylic acids is 2. The molecule has 0 atom stereocenters. The smallest absolute Gasteiger partial charge is 0.278 e. The number of ether oxygens (including phenoxy) is 2. The van der Waals surface area contributed by atoms with E-state index in [0.717, 1.165) is 12.8 Å². The number of benzene rings is 2. The Morgan fingerprint density at radius 3 is 2.25 bits per heavy atom. The van der Waals surface area contributed by atoms with Gasteiger partial charge in [-0.15, -0.1) is 0 Å². The Morgan fingerprint density at radius 2 is 1.59 bits per heavy atom. The molecular weight excluding hydrogens is 411 g/mol. The van der Waals surface area contributed by atoms with Gasteiger partial charge in [-0.1, -0.05) is 25.5 Å². The molecule has 7 heteroatoms. The van der Waals surface area contributed by atoms with Gasteiger partial charge in [-0.3, -0.25) is 14.5 Å². The number of imide groups is 1. The second-order valence-electron chi connectivity index (χ2n) is 7.42. The van der Waals surface area contributed by atoms with Gasteiger partial charge in [0.15, 0.2) is 0 Å². The van der Waals surface area contributed by atoms with E-state index in [1.165, 1.54) is 29.2 Å². The second kappa shape index (κ2) is 11.4. The molecular formula is C25H29FN2O4. The van der Waals surface area contributed by atoms with E-state index < -0.39 is 5.91 Å². The largest absolute Gasteiger partial charge is 0.494 e. The maximum Gasteiger partial charge on any atom is 0.278 e. The van der Waals surface area contributed by atoms with Crippen LogP contribution in [-0.2, 0) is 14.3 Å². The van der Waals surface area contributed by atoms with Crippen LogP contribution in [0, 0.1) is 5.82 Å². The molecule has 2 aromatic carbocycles. The van der Waals surface area contributed by atoms with Gasteiger partial charge in [-0.05, 0) is 61.7 Å². The molecule has 0 spiro atoms. The summed E-state index contributed by atoms with van der Waals surface area (Å²) in [6.45, 7) is 5.93. The molecule has 0 aliphatic carbocycles. The van der Waals surface area contributed by atoms with Crippen LogP contribution >= 0.6 is 0 Å². The minimum atomic E-state index is -0.406. The highest BCUT2D eigenvalue weighted by Crippen LogP contribution is 2.31. The fourth-order valence-corrected chi connectivity index (χ4v) is 3.40. The van der Waals surface area contributed by atoms with Crippen molar-refractivity contribution >= 4 is 23.1 Å². The number of rotatable bonds is 12. The number of unbranched alkanes of at least 4 members (excludes halogenated alkanes) is 1. The number of amides is 2. The summed E-state index contributed by atoms with van der Waals surface area (Å²) in [6, 6.07) is 12.7. The summed E-state index contributed by atoms with van der Waals surface area (Å²) in [5.74, 6) is -0.466. The van der Waals surface area contributed by atoms with Crippen LogP contribution in [0.3, 0.4) is 0 Å². The van der Waals surface area contributed by atoms with Crippen molar-refractivity contribution in [3.05, 3.63) is 65.6 Å². The molecule has 1 N–H and O–H groups in total. The molecule has 1 aliphatic rings. The van der Waals surface area contributed by atoms with E-state index in [0.29, 0.717) is 43.2 Å². The van der Waals surface area contributed by atoms with Crippen LogP contribution in [0.2, 0.25) is 0 Å². The van der Waals surface area contributed by atoms with Crippen molar-refractivity contribution in [2.45, 2.75) is 33.1 Å². The van der Waals surface area contributed by atoms with Crippen molar-refractivity contribution in [1.29, 1.82) is 0 Å². The Bertz CT molecular complexity index is 955. The van der Waals surface area contributed by atoms with E-state index in [2.05, 4.69) is 12.2 Å². The summed E-state index contributed by atoms with van der Waals surface area (Å²) < 4.78 is 24.3. The van der Waals surface area contributed by atoms with E-state index >= 15 is 0 Å². The molecule has 0 saturated carbocycles. The summed E-state index contributed by atoms with van der Waals surface area (Å²) in [7, 11) is 0. The van der Waals surface area contributed by atoms with Gasteiger partial charge in [-0.2, -0.15) is 0 Å². The standard InChI is InChI=1S/C25H29FN2O4/c1-3-5-16-31-17-6-15-28-24(29)22(18-7-13-21(14-8-18)32-4-2)23(25(28)30)27-20-11-9-19(26)10-12-20/h7-14,27H,3-6,15-17H2,1-2H3. The third kappa shape index (κ3) is 5.73. The summed E-state index contributed by atoms with van der Waals surface area (Å²) in [4.78, 5) is 27.6. The molecule has 2 aromatic rings. The zero-order chi connectivity index (χ0) is 22.9. The lowest BCUT2D eigenvalue weighted by Crippen LogP contribution is -2.34. The van der Waals surface area contributed by atoms with E-state index in [9.17, 15) is 14.0 Å². The Kier molecular flexibility index (Phi) is 8.39. The van der Waals surface area contributed by atoms with Crippen LogP contribution in [0.4, 0.5) is 10.1 Å². The number of halogens is 1. The predicted molar refractivity (Wildman–Crippen MR) is 122 cm³/mol. The molecule has 32 heavy (non-hydrogen) atoms. The molecule has 0 unspecified atom stereocenters. The molecule has 6 nitrogen and oxygen atoms in total. The van der Waals surface area contributed by atoms with Crippen LogP contribution in [0.25, 0.3) is 5.57 Å². The van der Waals surface area contributed by atoms with Gasteiger partial charge in [0.25, 0.3) is 11.8 Å². The van der Waals surface area contributed by atoms with E-state index in [1.54, 1.807) is 24.3 Å². The number of nitrogens with one attached hydrogen (secondary N) is 1. The van der Waals surface area contributed by atoms with Gasteiger partial charge in [0.1, 0.15) is 17.3 Å². The van der Waals surface area contributed by atoms with Crippen molar-refractivity contribution in [2.24, 2.45) is 0 Å². The second-order valence-corrected chi connectivity index (χ2v) is 7.42. The molecule has 1 aliphatic heterocycles. The van der Waals surface area contributed by atoms with Crippen LogP contribution in [0.1, 0.15) is 38.7 Å². The fraction of sp³-hybridized carbons (Fsp3) is 0.360. The number of hydrogen-bond acceptors (Lipinski definition) is 5. The minimum absolute atomic E-state index is 0.178. The zero-order valence-corrected chi connectivity index (χ0v) is 18.5. The van der Waals surface area contributed by atoms with Crippen molar-refractivity contribution in [3.8, 4) is 5.75 Å². The molecule has 0 aromatic heterocycles. The predicted octanol–water partition coefficient (Wildman–Crippen LogP) is 4.62. The van der Waals surface area contributed by atoms with Gasteiger partial charge < -0.3 is 14.8 Å². The summed E-state index contributed by atoms with van der Waals surface area (Å²) in [5, 5.41) is 3.02. The average molecular weight is 441 g/mol. The Labute approximate surface area is 188 Å². The first kappa shape index (κ1) is 23.5. The fourth-order valence-electron chi connectivity index (χ4n) is 3.40. The van der Waals surface area contributed by atoms with Crippen LogP contribution < -0.4 is 10.1 Å². The van der Waals surface area contributed by atoms with Gasteiger partial charge in [0.2, 0.25) is 0 Å². The zero-order valence-electron chi connectivity index (χ0n) is 18.5.